The number of carbonyl (C=O) groups excluding carboxylic acids is 2. The van der Waals surface area contributed by atoms with Crippen LogP contribution in [0.3, 0.4) is 0 Å². The average molecular weight is 432 g/mol. The molecule has 1 heterocycles. The van der Waals surface area contributed by atoms with Crippen molar-refractivity contribution >= 4 is 21.8 Å². The molecule has 0 radical (unpaired) electrons. The first-order valence-corrected chi connectivity index (χ1v) is 11.2. The van der Waals surface area contributed by atoms with E-state index >= 15 is 0 Å². The molecule has 160 valence electrons. The van der Waals surface area contributed by atoms with Crippen LogP contribution in [0.4, 0.5) is 0 Å². The van der Waals surface area contributed by atoms with Crippen LogP contribution in [0.2, 0.25) is 0 Å². The molecule has 1 fully saturated rings. The number of ether oxygens (including phenoxy) is 2. The second-order valence-electron chi connectivity index (χ2n) is 7.17. The van der Waals surface area contributed by atoms with Gasteiger partial charge in [0.2, 0.25) is 10.0 Å². The van der Waals surface area contributed by atoms with E-state index in [-0.39, 0.29) is 23.8 Å². The lowest BCUT2D eigenvalue weighted by Gasteiger charge is -2.33. The van der Waals surface area contributed by atoms with Crippen molar-refractivity contribution in [2.24, 2.45) is 0 Å². The second kappa shape index (κ2) is 9.40. The summed E-state index contributed by atoms with van der Waals surface area (Å²) in [6.45, 7) is 1.70. The quantitative estimate of drug-likeness (QED) is 0.494. The molecular weight excluding hydrogens is 406 g/mol. The Morgan fingerprint density at radius 2 is 1.83 bits per heavy atom. The molecule has 0 saturated carbocycles. The third-order valence-corrected chi connectivity index (χ3v) is 7.03. The number of methoxy groups -OCH3 is 1. The summed E-state index contributed by atoms with van der Waals surface area (Å²) in [6, 6.07) is 12.0. The lowest BCUT2D eigenvalue weighted by atomic mass is 10.1. The van der Waals surface area contributed by atoms with Gasteiger partial charge in [-0.25, -0.2) is 8.42 Å². The molecule has 2 aromatic rings. The Labute approximate surface area is 176 Å². The summed E-state index contributed by atoms with van der Waals surface area (Å²) in [5.74, 6) is -0.0585. The second-order valence-corrected chi connectivity index (χ2v) is 9.06. The van der Waals surface area contributed by atoms with E-state index in [1.165, 1.54) is 35.5 Å². The standard InChI is InChI=1S/C22H25NO6S/c1-16(24)18-9-11-20(12-10-18)30(26,27)23-13-4-3-8-21(23)22(25)29-15-17-6-5-7-19(14-17)28-2/h5-7,9-12,14,21H,3-4,8,13,15H2,1-2H3. The molecular formula is C22H25NO6S. The van der Waals surface area contributed by atoms with Crippen LogP contribution in [-0.4, -0.2) is 44.2 Å². The van der Waals surface area contributed by atoms with E-state index in [2.05, 4.69) is 0 Å². The van der Waals surface area contributed by atoms with Gasteiger partial charge in [-0.3, -0.25) is 9.59 Å². The fourth-order valence-corrected chi connectivity index (χ4v) is 5.08. The SMILES string of the molecule is COc1cccc(COC(=O)C2CCCCN2S(=O)(=O)c2ccc(C(C)=O)cc2)c1. The molecule has 1 aliphatic heterocycles. The van der Waals surface area contributed by atoms with Gasteiger partial charge in [-0.2, -0.15) is 4.31 Å². The molecule has 1 aliphatic rings. The van der Waals surface area contributed by atoms with E-state index in [0.29, 0.717) is 24.2 Å². The van der Waals surface area contributed by atoms with Gasteiger partial charge >= 0.3 is 5.97 Å². The Bertz CT molecular complexity index is 1020. The van der Waals surface area contributed by atoms with E-state index in [9.17, 15) is 18.0 Å². The number of hydrogen-bond acceptors (Lipinski definition) is 6. The number of esters is 1. The predicted octanol–water partition coefficient (Wildman–Crippen LogP) is 3.18. The summed E-state index contributed by atoms with van der Waals surface area (Å²) >= 11 is 0. The number of nitrogens with zero attached hydrogens (tertiary/aromatic N) is 1. The normalized spacial score (nSPS) is 17.3. The summed E-state index contributed by atoms with van der Waals surface area (Å²) < 4.78 is 38.1. The molecule has 0 bridgehead atoms. The van der Waals surface area contributed by atoms with Gasteiger partial charge < -0.3 is 9.47 Å². The number of hydrogen-bond donors (Lipinski definition) is 0. The van der Waals surface area contributed by atoms with Gasteiger partial charge in [-0.1, -0.05) is 24.3 Å². The number of sulfonamides is 1. The minimum Gasteiger partial charge on any atom is -0.497 e. The van der Waals surface area contributed by atoms with Gasteiger partial charge in [0.1, 0.15) is 18.4 Å². The van der Waals surface area contributed by atoms with Crippen LogP contribution in [0, 0.1) is 0 Å². The Morgan fingerprint density at radius 1 is 1.10 bits per heavy atom. The number of ketones is 1. The Kier molecular flexibility index (Phi) is 6.89. The van der Waals surface area contributed by atoms with Crippen molar-refractivity contribution in [3.05, 3.63) is 59.7 Å². The van der Waals surface area contributed by atoms with E-state index in [1.54, 1.807) is 25.3 Å². The zero-order chi connectivity index (χ0) is 21.7. The third-order valence-electron chi connectivity index (χ3n) is 5.11. The van der Waals surface area contributed by atoms with Crippen LogP contribution in [0.5, 0.6) is 5.75 Å². The van der Waals surface area contributed by atoms with Crippen molar-refractivity contribution in [1.29, 1.82) is 0 Å². The van der Waals surface area contributed by atoms with Crippen molar-refractivity contribution in [3.8, 4) is 5.75 Å². The summed E-state index contributed by atoms with van der Waals surface area (Å²) in [7, 11) is -2.34. The number of piperidine rings is 1. The maximum atomic E-state index is 13.2. The monoisotopic (exact) mass is 431 g/mol. The molecule has 0 aliphatic carbocycles. The van der Waals surface area contributed by atoms with Crippen molar-refractivity contribution < 1.29 is 27.5 Å². The van der Waals surface area contributed by atoms with Gasteiger partial charge in [0, 0.05) is 12.1 Å². The van der Waals surface area contributed by atoms with Crippen molar-refractivity contribution in [2.75, 3.05) is 13.7 Å². The average Bonchev–Trinajstić information content (AvgIpc) is 2.77. The van der Waals surface area contributed by atoms with Crippen molar-refractivity contribution in [3.63, 3.8) is 0 Å². The third kappa shape index (κ3) is 4.88. The molecule has 0 amide bonds. The fourth-order valence-electron chi connectivity index (χ4n) is 3.44. The summed E-state index contributed by atoms with van der Waals surface area (Å²) in [4.78, 5) is 24.3. The van der Waals surface area contributed by atoms with Crippen molar-refractivity contribution in [1.82, 2.24) is 4.31 Å². The molecule has 2 aromatic carbocycles. The highest BCUT2D eigenvalue weighted by Gasteiger charge is 2.38. The van der Waals surface area contributed by atoms with Crippen LogP contribution < -0.4 is 4.74 Å². The predicted molar refractivity (Wildman–Crippen MR) is 111 cm³/mol. The lowest BCUT2D eigenvalue weighted by molar-refractivity contribution is -0.150. The molecule has 1 saturated heterocycles. The first kappa shape index (κ1) is 22.0. The summed E-state index contributed by atoms with van der Waals surface area (Å²) in [6.07, 6.45) is 1.82. The van der Waals surface area contributed by atoms with Crippen LogP contribution in [0.25, 0.3) is 0 Å². The van der Waals surface area contributed by atoms with E-state index in [0.717, 1.165) is 12.0 Å². The molecule has 1 atom stereocenters. The molecule has 8 heteroatoms. The van der Waals surface area contributed by atoms with E-state index in [1.807, 2.05) is 6.07 Å². The first-order valence-electron chi connectivity index (χ1n) is 9.75. The zero-order valence-corrected chi connectivity index (χ0v) is 17.9. The molecule has 7 nitrogen and oxygen atoms in total. The van der Waals surface area contributed by atoms with Crippen LogP contribution >= 0.6 is 0 Å². The maximum Gasteiger partial charge on any atom is 0.324 e. The van der Waals surface area contributed by atoms with Gasteiger partial charge in [0.15, 0.2) is 5.78 Å². The smallest absolute Gasteiger partial charge is 0.324 e. The highest BCUT2D eigenvalue weighted by Crippen LogP contribution is 2.27. The van der Waals surface area contributed by atoms with Crippen LogP contribution in [0.15, 0.2) is 53.4 Å². The van der Waals surface area contributed by atoms with Crippen molar-refractivity contribution in [2.45, 2.75) is 43.7 Å². The Hall–Kier alpha value is -2.71. The minimum atomic E-state index is -3.89. The van der Waals surface area contributed by atoms with Gasteiger partial charge in [0.05, 0.1) is 12.0 Å². The number of benzene rings is 2. The van der Waals surface area contributed by atoms with Gasteiger partial charge in [0.25, 0.3) is 0 Å². The number of carbonyl (C=O) groups is 2. The van der Waals surface area contributed by atoms with Gasteiger partial charge in [-0.05, 0) is 56.0 Å². The number of Topliss-reactive ketones (excluding diaryl/α,β-unsaturated/α-hetero) is 1. The summed E-state index contributed by atoms with van der Waals surface area (Å²) in [5.41, 5.74) is 1.19. The number of rotatable bonds is 7. The minimum absolute atomic E-state index is 0.0354. The molecule has 3 rings (SSSR count). The first-order chi connectivity index (χ1) is 14.3. The molecule has 1 unspecified atom stereocenters. The Balaban J connectivity index is 1.76. The zero-order valence-electron chi connectivity index (χ0n) is 17.0. The molecule has 0 aromatic heterocycles. The highest BCUT2D eigenvalue weighted by atomic mass is 32.2. The Morgan fingerprint density at radius 3 is 2.50 bits per heavy atom. The largest absolute Gasteiger partial charge is 0.497 e. The lowest BCUT2D eigenvalue weighted by Crippen LogP contribution is -2.48. The fraction of sp³-hybridized carbons (Fsp3) is 0.364. The maximum absolute atomic E-state index is 13.2. The molecule has 30 heavy (non-hydrogen) atoms. The highest BCUT2D eigenvalue weighted by molar-refractivity contribution is 7.89. The van der Waals surface area contributed by atoms with Crippen LogP contribution in [-0.2, 0) is 26.2 Å². The molecule has 0 spiro atoms. The van der Waals surface area contributed by atoms with E-state index in [4.69, 9.17) is 9.47 Å². The summed E-state index contributed by atoms with van der Waals surface area (Å²) in [5, 5.41) is 0. The van der Waals surface area contributed by atoms with Crippen LogP contribution in [0.1, 0.15) is 42.1 Å². The topological polar surface area (TPSA) is 90.0 Å². The molecule has 0 N–H and O–H groups in total. The van der Waals surface area contributed by atoms with Gasteiger partial charge in [-0.15, -0.1) is 0 Å². The van der Waals surface area contributed by atoms with E-state index < -0.39 is 22.0 Å².